The Kier molecular flexibility index (Phi) is 10.7. The maximum Gasteiger partial charge on any atom is 0.422 e. The van der Waals surface area contributed by atoms with E-state index in [1.54, 1.807) is 32.4 Å². The number of hydrogen-bond donors (Lipinski definition) is 3. The van der Waals surface area contributed by atoms with Crippen LogP contribution in [0.25, 0.3) is 0 Å². The average molecular weight is 411 g/mol. The van der Waals surface area contributed by atoms with Crippen LogP contribution in [0.5, 0.6) is 0 Å². The molecule has 0 aliphatic rings. The largest absolute Gasteiger partial charge is 0.467 e. The van der Waals surface area contributed by atoms with Crippen molar-refractivity contribution in [2.75, 3.05) is 20.3 Å². The van der Waals surface area contributed by atoms with E-state index < -0.39 is 40.0 Å². The normalized spacial score (nSPS) is 12.6. The zero-order valence-corrected chi connectivity index (χ0v) is 17.1. The first-order chi connectivity index (χ1) is 12.4. The molecule has 1 unspecified atom stereocenters. The summed E-state index contributed by atoms with van der Waals surface area (Å²) in [5, 5.41) is 2.38. The standard InChI is InChI=1S/C15H29N3O8S/c1-6-25-13(20)17-11(12(19)24-5)9-7-8-10-16-27(22,23)18-14(21)26-15(2,3)4/h11,16H,6-10H2,1-5H3,(H,17,20)(H,18,21). The first kappa shape index (κ1) is 24.9. The topological polar surface area (TPSA) is 149 Å². The number of alkyl carbamates (subject to hydrolysis) is 1. The Bertz CT molecular complexity index is 601. The molecule has 11 nitrogen and oxygen atoms in total. The second-order valence-corrected chi connectivity index (χ2v) is 7.94. The highest BCUT2D eigenvalue weighted by molar-refractivity contribution is 7.88. The van der Waals surface area contributed by atoms with Crippen LogP contribution in [0.2, 0.25) is 0 Å². The van der Waals surface area contributed by atoms with Crippen molar-refractivity contribution in [1.29, 1.82) is 0 Å². The molecule has 0 aromatic rings. The first-order valence-electron chi connectivity index (χ1n) is 8.41. The molecule has 0 saturated carbocycles. The van der Waals surface area contributed by atoms with Crippen LogP contribution in [-0.4, -0.2) is 58.5 Å². The number of amides is 2. The summed E-state index contributed by atoms with van der Waals surface area (Å²) in [5.74, 6) is -0.629. The number of carbonyl (C=O) groups is 3. The summed E-state index contributed by atoms with van der Waals surface area (Å²) in [4.78, 5) is 34.5. The molecule has 0 spiro atoms. The fourth-order valence-corrected chi connectivity index (χ4v) is 2.58. The Balaban J connectivity index is 4.31. The first-order valence-corrected chi connectivity index (χ1v) is 9.90. The maximum absolute atomic E-state index is 11.7. The molecule has 2 amide bonds. The average Bonchev–Trinajstić information content (AvgIpc) is 2.50. The van der Waals surface area contributed by atoms with Crippen molar-refractivity contribution < 1.29 is 37.0 Å². The second kappa shape index (κ2) is 11.6. The molecule has 27 heavy (non-hydrogen) atoms. The van der Waals surface area contributed by atoms with Crippen molar-refractivity contribution in [2.24, 2.45) is 0 Å². The van der Waals surface area contributed by atoms with E-state index in [1.165, 1.54) is 7.11 Å². The summed E-state index contributed by atoms with van der Waals surface area (Å²) in [7, 11) is -2.86. The molecule has 0 bridgehead atoms. The predicted molar refractivity (Wildman–Crippen MR) is 96.1 cm³/mol. The molecule has 158 valence electrons. The van der Waals surface area contributed by atoms with Gasteiger partial charge in [0.05, 0.1) is 13.7 Å². The number of unbranched alkanes of at least 4 members (excludes halogenated alkanes) is 1. The van der Waals surface area contributed by atoms with Crippen LogP contribution in [0.3, 0.4) is 0 Å². The van der Waals surface area contributed by atoms with Gasteiger partial charge in [-0.1, -0.05) is 0 Å². The Hall–Kier alpha value is -2.08. The van der Waals surface area contributed by atoms with Gasteiger partial charge in [-0.2, -0.15) is 13.1 Å². The number of carbonyl (C=O) groups excluding carboxylic acids is 3. The fourth-order valence-electron chi connectivity index (χ4n) is 1.83. The minimum Gasteiger partial charge on any atom is -0.467 e. The van der Waals surface area contributed by atoms with Crippen LogP contribution < -0.4 is 14.8 Å². The lowest BCUT2D eigenvalue weighted by atomic mass is 10.1. The van der Waals surface area contributed by atoms with E-state index in [0.717, 1.165) is 0 Å². The van der Waals surface area contributed by atoms with Gasteiger partial charge in [-0.25, -0.2) is 19.1 Å². The van der Waals surface area contributed by atoms with Crippen molar-refractivity contribution in [3.05, 3.63) is 0 Å². The monoisotopic (exact) mass is 411 g/mol. The second-order valence-electron chi connectivity index (χ2n) is 6.44. The van der Waals surface area contributed by atoms with Crippen LogP contribution >= 0.6 is 0 Å². The van der Waals surface area contributed by atoms with Gasteiger partial charge < -0.3 is 19.5 Å². The third kappa shape index (κ3) is 12.8. The molecule has 0 rings (SSSR count). The van der Waals surface area contributed by atoms with E-state index in [9.17, 15) is 22.8 Å². The van der Waals surface area contributed by atoms with Crippen molar-refractivity contribution in [2.45, 2.75) is 58.6 Å². The molecule has 0 heterocycles. The van der Waals surface area contributed by atoms with E-state index in [0.29, 0.717) is 12.8 Å². The van der Waals surface area contributed by atoms with Gasteiger partial charge in [-0.15, -0.1) is 0 Å². The van der Waals surface area contributed by atoms with E-state index >= 15 is 0 Å². The molecule has 0 saturated heterocycles. The van der Waals surface area contributed by atoms with Crippen LogP contribution in [-0.2, 0) is 29.2 Å². The fraction of sp³-hybridized carbons (Fsp3) is 0.800. The number of methoxy groups -OCH3 is 1. The highest BCUT2D eigenvalue weighted by Gasteiger charge is 2.23. The van der Waals surface area contributed by atoms with Crippen molar-refractivity contribution >= 4 is 28.4 Å². The van der Waals surface area contributed by atoms with E-state index in [2.05, 4.69) is 14.8 Å². The third-order valence-corrected chi connectivity index (χ3v) is 3.90. The molecule has 0 aromatic carbocycles. The van der Waals surface area contributed by atoms with Gasteiger partial charge in [0.2, 0.25) is 0 Å². The molecule has 0 radical (unpaired) electrons. The van der Waals surface area contributed by atoms with Crippen LogP contribution in [0.4, 0.5) is 9.59 Å². The Labute approximate surface area is 159 Å². The number of rotatable bonds is 10. The van der Waals surface area contributed by atoms with Gasteiger partial charge in [-0.05, 0) is 47.0 Å². The molecule has 0 aliphatic carbocycles. The van der Waals surface area contributed by atoms with Crippen molar-refractivity contribution in [3.63, 3.8) is 0 Å². The van der Waals surface area contributed by atoms with Gasteiger partial charge in [0.15, 0.2) is 0 Å². The Morgan fingerprint density at radius 3 is 2.22 bits per heavy atom. The summed E-state index contributed by atoms with van der Waals surface area (Å²) < 4.78 is 41.5. The van der Waals surface area contributed by atoms with Gasteiger partial charge in [-0.3, -0.25) is 0 Å². The summed E-state index contributed by atoms with van der Waals surface area (Å²) in [5.41, 5.74) is -0.825. The predicted octanol–water partition coefficient (Wildman–Crippen LogP) is 0.804. The van der Waals surface area contributed by atoms with E-state index in [-0.39, 0.29) is 19.6 Å². The summed E-state index contributed by atoms with van der Waals surface area (Å²) in [6.45, 7) is 6.62. The van der Waals surface area contributed by atoms with Crippen LogP contribution in [0.15, 0.2) is 0 Å². The zero-order chi connectivity index (χ0) is 21.1. The summed E-state index contributed by atoms with van der Waals surface area (Å²) in [6, 6.07) is -0.898. The SMILES string of the molecule is CCOC(=O)NC(CCCCNS(=O)(=O)NC(=O)OC(C)(C)C)C(=O)OC. The number of esters is 1. The van der Waals surface area contributed by atoms with E-state index in [1.807, 2.05) is 0 Å². The molecular formula is C15H29N3O8S. The minimum absolute atomic E-state index is 0.0193. The van der Waals surface area contributed by atoms with E-state index in [4.69, 9.17) is 9.47 Å². The molecule has 12 heteroatoms. The maximum atomic E-state index is 11.7. The van der Waals surface area contributed by atoms with Crippen LogP contribution in [0, 0.1) is 0 Å². The summed E-state index contributed by atoms with van der Waals surface area (Å²) in [6.07, 6.45) is -0.837. The molecule has 0 aliphatic heterocycles. The Morgan fingerprint density at radius 2 is 1.70 bits per heavy atom. The van der Waals surface area contributed by atoms with Crippen molar-refractivity contribution in [1.82, 2.24) is 14.8 Å². The zero-order valence-electron chi connectivity index (χ0n) is 16.3. The quantitative estimate of drug-likeness (QED) is 0.271. The molecule has 0 fully saturated rings. The highest BCUT2D eigenvalue weighted by atomic mass is 32.2. The molecule has 1 atom stereocenters. The lowest BCUT2D eigenvalue weighted by molar-refractivity contribution is -0.143. The smallest absolute Gasteiger partial charge is 0.422 e. The number of hydrogen-bond acceptors (Lipinski definition) is 8. The van der Waals surface area contributed by atoms with Gasteiger partial charge in [0, 0.05) is 6.54 Å². The number of nitrogens with one attached hydrogen (secondary N) is 3. The van der Waals surface area contributed by atoms with Gasteiger partial charge in [0.1, 0.15) is 11.6 Å². The minimum atomic E-state index is -4.06. The highest BCUT2D eigenvalue weighted by Crippen LogP contribution is 2.07. The van der Waals surface area contributed by atoms with Crippen LogP contribution in [0.1, 0.15) is 47.0 Å². The molecule has 3 N–H and O–H groups in total. The number of ether oxygens (including phenoxy) is 3. The summed E-state index contributed by atoms with van der Waals surface area (Å²) >= 11 is 0. The molecular weight excluding hydrogens is 382 g/mol. The lowest BCUT2D eigenvalue weighted by Crippen LogP contribution is -2.43. The third-order valence-electron chi connectivity index (χ3n) is 2.88. The van der Waals surface area contributed by atoms with Gasteiger partial charge >= 0.3 is 28.4 Å². The van der Waals surface area contributed by atoms with Gasteiger partial charge in [0.25, 0.3) is 0 Å². The lowest BCUT2D eigenvalue weighted by Gasteiger charge is -2.19. The van der Waals surface area contributed by atoms with Crippen molar-refractivity contribution in [3.8, 4) is 0 Å². The Morgan fingerprint density at radius 1 is 1.07 bits per heavy atom. The molecule has 0 aromatic heterocycles.